The minimum Gasteiger partial charge on any atom is -0.490 e. The van der Waals surface area contributed by atoms with Gasteiger partial charge in [-0.15, -0.1) is 11.3 Å². The molecule has 0 spiro atoms. The Morgan fingerprint density at radius 1 is 1.13 bits per heavy atom. The summed E-state index contributed by atoms with van der Waals surface area (Å²) in [7, 11) is -2.08. The van der Waals surface area contributed by atoms with Crippen molar-refractivity contribution in [3.8, 4) is 5.75 Å². The number of carbonyl (C=O) groups excluding carboxylic acids is 2. The number of rotatable bonds is 9. The van der Waals surface area contributed by atoms with E-state index in [4.69, 9.17) is 9.47 Å². The molecule has 2 N–H and O–H groups in total. The van der Waals surface area contributed by atoms with E-state index in [1.807, 2.05) is 44.2 Å². The van der Waals surface area contributed by atoms with E-state index in [0.29, 0.717) is 18.9 Å². The Morgan fingerprint density at radius 3 is 2.59 bits per heavy atom. The van der Waals surface area contributed by atoms with Crippen LogP contribution in [0, 0.1) is 5.92 Å². The predicted octanol–water partition coefficient (Wildman–Crippen LogP) is 5.05. The van der Waals surface area contributed by atoms with Crippen molar-refractivity contribution in [2.24, 2.45) is 5.92 Å². The lowest BCUT2D eigenvalue weighted by atomic mass is 10.0. The molecule has 0 radical (unpaired) electrons. The molecule has 0 saturated heterocycles. The third kappa shape index (κ3) is 9.54. The number of hydrogen-bond donors (Lipinski definition) is 2. The highest BCUT2D eigenvalue weighted by molar-refractivity contribution is 7.94. The molecule has 46 heavy (non-hydrogen) atoms. The number of amides is 2. The fraction of sp³-hybridized carbons (Fsp3) is 0.471. The Hall–Kier alpha value is -3.45. The number of ether oxygens (including phenoxy) is 2. The van der Waals surface area contributed by atoms with Crippen molar-refractivity contribution in [3.63, 3.8) is 0 Å². The van der Waals surface area contributed by atoms with E-state index < -0.39 is 22.0 Å². The lowest BCUT2D eigenvalue weighted by Crippen LogP contribution is -2.48. The molecule has 0 saturated carbocycles. The van der Waals surface area contributed by atoms with Crippen LogP contribution in [-0.2, 0) is 26.0 Å². The molecule has 0 fully saturated rings. The number of fused-ring (bicyclic) bond motifs is 1. The summed E-state index contributed by atoms with van der Waals surface area (Å²) >= 11 is 1.10. The van der Waals surface area contributed by atoms with Crippen LogP contribution in [0.4, 0.5) is 5.69 Å². The third-order valence-electron chi connectivity index (χ3n) is 8.14. The molecule has 0 unspecified atom stereocenters. The van der Waals surface area contributed by atoms with E-state index in [1.165, 1.54) is 12.1 Å². The van der Waals surface area contributed by atoms with Gasteiger partial charge in [0, 0.05) is 38.3 Å². The number of nitrogens with zero attached hydrogens (tertiary/aromatic N) is 2. The number of likely N-dealkylation sites (N-methyl/N-ethyl adjacent to an activating group) is 1. The summed E-state index contributed by atoms with van der Waals surface area (Å²) in [6, 6.07) is 16.9. The molecule has 1 aromatic heterocycles. The summed E-state index contributed by atoms with van der Waals surface area (Å²) < 4.78 is 41.3. The molecule has 250 valence electrons. The lowest BCUT2D eigenvalue weighted by Gasteiger charge is -2.36. The first-order chi connectivity index (χ1) is 22.0. The Morgan fingerprint density at radius 2 is 1.89 bits per heavy atom. The molecule has 2 heterocycles. The van der Waals surface area contributed by atoms with Crippen LogP contribution >= 0.6 is 11.3 Å². The van der Waals surface area contributed by atoms with E-state index in [-0.39, 0.29) is 59.1 Å². The van der Waals surface area contributed by atoms with Crippen LogP contribution in [0.2, 0.25) is 0 Å². The summed E-state index contributed by atoms with van der Waals surface area (Å²) in [6.45, 7) is 6.44. The summed E-state index contributed by atoms with van der Waals surface area (Å²) in [6.07, 6.45) is 2.04. The predicted molar refractivity (Wildman–Crippen MR) is 180 cm³/mol. The van der Waals surface area contributed by atoms with E-state index in [1.54, 1.807) is 47.4 Å². The molecule has 4 atom stereocenters. The van der Waals surface area contributed by atoms with Crippen LogP contribution in [0.15, 0.2) is 70.3 Å². The van der Waals surface area contributed by atoms with E-state index >= 15 is 0 Å². The highest BCUT2D eigenvalue weighted by atomic mass is 32.2. The van der Waals surface area contributed by atoms with Crippen LogP contribution in [0.5, 0.6) is 5.75 Å². The van der Waals surface area contributed by atoms with Gasteiger partial charge in [-0.3, -0.25) is 14.3 Å². The van der Waals surface area contributed by atoms with Crippen molar-refractivity contribution in [2.75, 3.05) is 38.1 Å². The molecule has 12 heteroatoms. The van der Waals surface area contributed by atoms with Gasteiger partial charge in [0.05, 0.1) is 36.8 Å². The van der Waals surface area contributed by atoms with Crippen LogP contribution < -0.4 is 9.46 Å². The van der Waals surface area contributed by atoms with E-state index in [0.717, 1.165) is 36.2 Å². The topological polar surface area (TPSA) is 125 Å². The third-order valence-corrected chi connectivity index (χ3v) is 10.9. The quantitative estimate of drug-likeness (QED) is 0.326. The van der Waals surface area contributed by atoms with Gasteiger partial charge in [-0.05, 0) is 68.3 Å². The summed E-state index contributed by atoms with van der Waals surface area (Å²) in [5.74, 6) is -0.306. The van der Waals surface area contributed by atoms with E-state index in [9.17, 15) is 23.1 Å². The van der Waals surface area contributed by atoms with E-state index in [2.05, 4.69) is 4.72 Å². The second-order valence-corrected chi connectivity index (χ2v) is 14.8. The number of aliphatic hydroxyl groups is 1. The maximum absolute atomic E-state index is 14.3. The van der Waals surface area contributed by atoms with Gasteiger partial charge >= 0.3 is 0 Å². The van der Waals surface area contributed by atoms with Gasteiger partial charge in [0.25, 0.3) is 15.9 Å². The largest absolute Gasteiger partial charge is 0.490 e. The van der Waals surface area contributed by atoms with Crippen molar-refractivity contribution in [1.29, 1.82) is 0 Å². The first-order valence-electron chi connectivity index (χ1n) is 15.7. The molecule has 2 amide bonds. The SMILES string of the molecule is C[C@H](CO)N1C[C@H](C)[C@H](CN(C)C(=O)Cc2ccccc2)OCCCC[C@H](C)Oc2ccc(NS(=O)(=O)c3cccs3)cc2C1=O. The molecule has 0 bridgehead atoms. The van der Waals surface area contributed by atoms with Gasteiger partial charge in [0.15, 0.2) is 0 Å². The fourth-order valence-corrected chi connectivity index (χ4v) is 7.39. The Kier molecular flexibility index (Phi) is 12.6. The van der Waals surface area contributed by atoms with Gasteiger partial charge in [0.2, 0.25) is 5.91 Å². The molecule has 3 aromatic rings. The molecule has 1 aliphatic heterocycles. The number of sulfonamides is 1. The summed E-state index contributed by atoms with van der Waals surface area (Å²) in [5.41, 5.74) is 1.35. The molecular weight excluding hydrogens is 627 g/mol. The molecule has 0 aliphatic carbocycles. The molecule has 4 rings (SSSR count). The van der Waals surface area contributed by atoms with Gasteiger partial charge in [-0.2, -0.15) is 0 Å². The van der Waals surface area contributed by atoms with Crippen LogP contribution in [0.25, 0.3) is 0 Å². The van der Waals surface area contributed by atoms with Gasteiger partial charge in [-0.25, -0.2) is 8.42 Å². The van der Waals surface area contributed by atoms with Gasteiger partial charge < -0.3 is 24.4 Å². The number of aliphatic hydroxyl groups excluding tert-OH is 1. The Balaban J connectivity index is 1.62. The number of thiophene rings is 1. The van der Waals surface area contributed by atoms with Crippen LogP contribution in [0.3, 0.4) is 0 Å². The summed E-state index contributed by atoms with van der Waals surface area (Å²) in [5, 5.41) is 11.9. The standard InChI is InChI=1S/C34H45N3O7S2/c1-24-21-37(25(2)23-38)34(40)29-20-28(35-46(41,42)33-14-10-18-45-33)15-16-30(29)44-26(3)11-8-9-17-43-31(24)22-36(4)32(39)19-27-12-6-5-7-13-27/h5-7,10,12-16,18,20,24-26,31,35,38H,8-9,11,17,19,21-23H2,1-4H3/t24-,25+,26-,31-/m0/s1. The average molecular weight is 672 g/mol. The van der Waals surface area contributed by atoms with Gasteiger partial charge in [-0.1, -0.05) is 43.3 Å². The Bertz CT molecular complexity index is 1530. The molecule has 1 aliphatic rings. The van der Waals surface area contributed by atoms with Crippen molar-refractivity contribution >= 4 is 38.9 Å². The monoisotopic (exact) mass is 671 g/mol. The normalized spacial score (nSPS) is 20.6. The minimum atomic E-state index is -3.85. The van der Waals surface area contributed by atoms with Crippen molar-refractivity contribution in [2.45, 2.75) is 68.9 Å². The highest BCUT2D eigenvalue weighted by Gasteiger charge is 2.31. The molecular formula is C34H45N3O7S2. The maximum Gasteiger partial charge on any atom is 0.271 e. The number of carbonyl (C=O) groups is 2. The first-order valence-corrected chi connectivity index (χ1v) is 18.0. The second kappa shape index (κ2) is 16.4. The zero-order valence-electron chi connectivity index (χ0n) is 26.9. The zero-order chi connectivity index (χ0) is 33.3. The number of nitrogens with one attached hydrogen (secondary N) is 1. The van der Waals surface area contributed by atoms with Crippen molar-refractivity contribution in [3.05, 3.63) is 77.2 Å². The van der Waals surface area contributed by atoms with Crippen LogP contribution in [0.1, 0.15) is 56.0 Å². The van der Waals surface area contributed by atoms with Crippen molar-refractivity contribution < 1.29 is 32.6 Å². The lowest BCUT2D eigenvalue weighted by molar-refractivity contribution is -0.131. The smallest absolute Gasteiger partial charge is 0.271 e. The second-order valence-electron chi connectivity index (χ2n) is 12.0. The minimum absolute atomic E-state index is 0.0320. The van der Waals surface area contributed by atoms with Gasteiger partial charge in [0.1, 0.15) is 9.96 Å². The number of hydrogen-bond acceptors (Lipinski definition) is 8. The summed E-state index contributed by atoms with van der Waals surface area (Å²) in [4.78, 5) is 30.7. The number of anilines is 1. The molecule has 10 nitrogen and oxygen atoms in total. The van der Waals surface area contributed by atoms with Crippen molar-refractivity contribution in [1.82, 2.24) is 9.80 Å². The first kappa shape index (κ1) is 35.4. The number of benzene rings is 2. The average Bonchev–Trinajstić information content (AvgIpc) is 3.59. The fourth-order valence-electron chi connectivity index (χ4n) is 5.35. The van der Waals surface area contributed by atoms with Crippen LogP contribution in [-0.4, -0.2) is 86.7 Å². The highest BCUT2D eigenvalue weighted by Crippen LogP contribution is 2.30. The Labute approximate surface area is 276 Å². The zero-order valence-corrected chi connectivity index (χ0v) is 28.6. The maximum atomic E-state index is 14.3. The molecule has 2 aromatic carbocycles.